The average molecular weight is 534 g/mol. The van der Waals surface area contributed by atoms with Crippen LogP contribution >= 0.6 is 0 Å². The highest BCUT2D eigenvalue weighted by Crippen LogP contribution is 2.22. The fourth-order valence-corrected chi connectivity index (χ4v) is 6.32. The van der Waals surface area contributed by atoms with Gasteiger partial charge in [-0.15, -0.1) is 0 Å². The fourth-order valence-electron chi connectivity index (χ4n) is 4.80. The number of hydrogen-bond acceptors (Lipinski definition) is 4. The van der Waals surface area contributed by atoms with E-state index < -0.39 is 16.1 Å². The van der Waals surface area contributed by atoms with Gasteiger partial charge in [-0.25, -0.2) is 8.42 Å². The summed E-state index contributed by atoms with van der Waals surface area (Å²) in [6.45, 7) is 1.44. The van der Waals surface area contributed by atoms with Crippen molar-refractivity contribution in [2.24, 2.45) is 0 Å². The molecule has 1 heterocycles. The lowest BCUT2D eigenvalue weighted by Gasteiger charge is -2.31. The van der Waals surface area contributed by atoms with Crippen LogP contribution in [0.15, 0.2) is 89.8 Å². The van der Waals surface area contributed by atoms with Crippen LogP contribution in [0.4, 0.5) is 0 Å². The lowest BCUT2D eigenvalue weighted by atomic mass is 10.0. The third-order valence-corrected chi connectivity index (χ3v) is 8.88. The summed E-state index contributed by atoms with van der Waals surface area (Å²) in [7, 11) is -1.89. The molecule has 1 atom stereocenters. The second-order valence-electron chi connectivity index (χ2n) is 9.58. The number of hydrogen-bond donors (Lipinski definition) is 1. The molecular formula is C30H35N3O4S. The number of carbonyl (C=O) groups excluding carboxylic acids is 2. The van der Waals surface area contributed by atoms with E-state index in [0.29, 0.717) is 32.5 Å². The first-order valence-corrected chi connectivity index (χ1v) is 14.5. The van der Waals surface area contributed by atoms with Crippen LogP contribution in [0.2, 0.25) is 0 Å². The number of carbonyl (C=O) groups is 2. The van der Waals surface area contributed by atoms with Gasteiger partial charge in [0.25, 0.3) is 0 Å². The third kappa shape index (κ3) is 6.88. The molecule has 2 amide bonds. The van der Waals surface area contributed by atoms with E-state index in [1.54, 1.807) is 36.2 Å². The molecule has 1 fully saturated rings. The summed E-state index contributed by atoms with van der Waals surface area (Å²) in [5, 5.41) is 2.73. The van der Waals surface area contributed by atoms with Crippen molar-refractivity contribution < 1.29 is 18.0 Å². The van der Waals surface area contributed by atoms with Gasteiger partial charge in [-0.2, -0.15) is 4.31 Å². The van der Waals surface area contributed by atoms with E-state index >= 15 is 0 Å². The molecule has 0 saturated carbocycles. The Balaban J connectivity index is 1.50. The van der Waals surface area contributed by atoms with Crippen LogP contribution in [-0.2, 0) is 39.0 Å². The minimum atomic E-state index is -3.47. The Hall–Kier alpha value is -3.49. The predicted octanol–water partition coefficient (Wildman–Crippen LogP) is 3.79. The zero-order valence-electron chi connectivity index (χ0n) is 21.8. The molecule has 0 aromatic heterocycles. The van der Waals surface area contributed by atoms with Crippen LogP contribution in [0.1, 0.15) is 36.0 Å². The molecule has 38 heavy (non-hydrogen) atoms. The van der Waals surface area contributed by atoms with Gasteiger partial charge in [0, 0.05) is 39.5 Å². The second kappa shape index (κ2) is 12.8. The largest absolute Gasteiger partial charge is 0.357 e. The Kier molecular flexibility index (Phi) is 9.31. The third-order valence-electron chi connectivity index (χ3n) is 6.97. The fraction of sp³-hybridized carbons (Fsp3) is 0.333. The molecular weight excluding hydrogens is 498 g/mol. The summed E-state index contributed by atoms with van der Waals surface area (Å²) in [5.41, 5.74) is 2.79. The molecule has 0 spiro atoms. The summed E-state index contributed by atoms with van der Waals surface area (Å²) < 4.78 is 27.2. The van der Waals surface area contributed by atoms with Gasteiger partial charge >= 0.3 is 0 Å². The summed E-state index contributed by atoms with van der Waals surface area (Å²) in [6, 6.07) is 25.5. The van der Waals surface area contributed by atoms with Crippen molar-refractivity contribution in [2.75, 3.05) is 20.1 Å². The zero-order chi connectivity index (χ0) is 27.0. The Morgan fingerprint density at radius 3 is 2.00 bits per heavy atom. The molecule has 1 aliphatic rings. The molecule has 0 radical (unpaired) electrons. The molecule has 8 heteroatoms. The van der Waals surface area contributed by atoms with Gasteiger partial charge in [0.15, 0.2) is 0 Å². The molecule has 1 aliphatic heterocycles. The summed E-state index contributed by atoms with van der Waals surface area (Å²) in [6.07, 6.45) is 2.83. The quantitative estimate of drug-likeness (QED) is 0.406. The van der Waals surface area contributed by atoms with Crippen LogP contribution in [0.5, 0.6) is 0 Å². The molecule has 200 valence electrons. The zero-order valence-corrected chi connectivity index (χ0v) is 22.6. The van der Waals surface area contributed by atoms with Crippen LogP contribution < -0.4 is 5.32 Å². The minimum absolute atomic E-state index is 0.132. The van der Waals surface area contributed by atoms with Gasteiger partial charge < -0.3 is 10.2 Å². The SMILES string of the molecule is CNC(=O)C(Cc1ccccc1)N(Cc1ccccc1)C(=O)CCc1ccc(S(=O)(=O)N2CCCC2)cc1. The first-order valence-electron chi connectivity index (χ1n) is 13.1. The number of amides is 2. The van der Waals surface area contributed by atoms with Crippen LogP contribution in [0.25, 0.3) is 0 Å². The average Bonchev–Trinajstić information content (AvgIpc) is 3.51. The monoisotopic (exact) mass is 533 g/mol. The number of aryl methyl sites for hydroxylation is 1. The van der Waals surface area contributed by atoms with Gasteiger partial charge in [-0.05, 0) is 48.1 Å². The predicted molar refractivity (Wildman–Crippen MR) is 148 cm³/mol. The lowest BCUT2D eigenvalue weighted by Crippen LogP contribution is -2.49. The number of sulfonamides is 1. The van der Waals surface area contributed by atoms with E-state index in [9.17, 15) is 18.0 Å². The Bertz CT molecular complexity index is 1310. The molecule has 7 nitrogen and oxygen atoms in total. The molecule has 1 N–H and O–H groups in total. The van der Waals surface area contributed by atoms with Crippen molar-refractivity contribution in [3.8, 4) is 0 Å². The summed E-state index contributed by atoms with van der Waals surface area (Å²) in [4.78, 5) is 28.6. The van der Waals surface area contributed by atoms with Crippen molar-refractivity contribution in [1.82, 2.24) is 14.5 Å². The van der Waals surface area contributed by atoms with Crippen LogP contribution in [-0.4, -0.2) is 55.6 Å². The van der Waals surface area contributed by atoms with Crippen molar-refractivity contribution in [3.05, 3.63) is 102 Å². The van der Waals surface area contributed by atoms with E-state index in [4.69, 9.17) is 0 Å². The Morgan fingerprint density at radius 1 is 0.842 bits per heavy atom. The van der Waals surface area contributed by atoms with Crippen molar-refractivity contribution in [1.29, 1.82) is 0 Å². The Labute approximate surface area is 225 Å². The van der Waals surface area contributed by atoms with Gasteiger partial charge in [0.1, 0.15) is 6.04 Å². The number of rotatable bonds is 11. The molecule has 3 aromatic rings. The number of likely N-dealkylation sites (N-methyl/N-ethyl adjacent to an activating group) is 1. The van der Waals surface area contributed by atoms with Crippen molar-refractivity contribution in [3.63, 3.8) is 0 Å². The smallest absolute Gasteiger partial charge is 0.243 e. The lowest BCUT2D eigenvalue weighted by molar-refractivity contribution is -0.141. The number of nitrogens with zero attached hydrogens (tertiary/aromatic N) is 2. The van der Waals surface area contributed by atoms with E-state index in [1.807, 2.05) is 60.7 Å². The van der Waals surface area contributed by atoms with E-state index in [2.05, 4.69) is 5.32 Å². The van der Waals surface area contributed by atoms with E-state index in [-0.39, 0.29) is 23.1 Å². The maximum Gasteiger partial charge on any atom is 0.243 e. The topological polar surface area (TPSA) is 86.8 Å². The standard InChI is InChI=1S/C30H35N3O4S/c1-31-30(35)28(22-25-10-4-2-5-11-25)33(23-26-12-6-3-7-13-26)29(34)19-16-24-14-17-27(18-15-24)38(36,37)32-20-8-9-21-32/h2-7,10-15,17-18,28H,8-9,16,19-23H2,1H3,(H,31,35). The highest BCUT2D eigenvalue weighted by Gasteiger charge is 2.30. The second-order valence-corrected chi connectivity index (χ2v) is 11.5. The summed E-state index contributed by atoms with van der Waals surface area (Å²) >= 11 is 0. The van der Waals surface area contributed by atoms with E-state index in [1.165, 1.54) is 4.31 Å². The normalized spacial score (nSPS) is 14.7. The number of benzene rings is 3. The van der Waals surface area contributed by atoms with Gasteiger partial charge in [0.05, 0.1) is 4.90 Å². The van der Waals surface area contributed by atoms with Crippen LogP contribution in [0.3, 0.4) is 0 Å². The number of nitrogens with one attached hydrogen (secondary N) is 1. The maximum absolute atomic E-state index is 13.6. The maximum atomic E-state index is 13.6. The van der Waals surface area contributed by atoms with Crippen molar-refractivity contribution in [2.45, 2.75) is 49.6 Å². The molecule has 4 rings (SSSR count). The highest BCUT2D eigenvalue weighted by molar-refractivity contribution is 7.89. The Morgan fingerprint density at radius 2 is 1.42 bits per heavy atom. The van der Waals surface area contributed by atoms with Crippen molar-refractivity contribution >= 4 is 21.8 Å². The van der Waals surface area contributed by atoms with Gasteiger partial charge in [-0.3, -0.25) is 9.59 Å². The molecule has 3 aromatic carbocycles. The molecule has 0 bridgehead atoms. The highest BCUT2D eigenvalue weighted by atomic mass is 32.2. The molecule has 1 saturated heterocycles. The minimum Gasteiger partial charge on any atom is -0.357 e. The first-order chi connectivity index (χ1) is 18.4. The van der Waals surface area contributed by atoms with Gasteiger partial charge in [0.2, 0.25) is 21.8 Å². The molecule has 1 unspecified atom stereocenters. The van der Waals surface area contributed by atoms with Crippen LogP contribution in [0, 0.1) is 0 Å². The molecule has 0 aliphatic carbocycles. The van der Waals surface area contributed by atoms with Gasteiger partial charge in [-0.1, -0.05) is 72.8 Å². The first kappa shape index (κ1) is 27.5. The summed E-state index contributed by atoms with van der Waals surface area (Å²) in [5.74, 6) is -0.346. The van der Waals surface area contributed by atoms with E-state index in [0.717, 1.165) is 29.5 Å².